The molecular weight excluding hydrogens is 669 g/mol. The summed E-state index contributed by atoms with van der Waals surface area (Å²) >= 11 is 3.36. The van der Waals surface area contributed by atoms with Crippen molar-refractivity contribution in [3.8, 4) is 0 Å². The number of oxime groups is 2. The van der Waals surface area contributed by atoms with E-state index in [1.165, 1.54) is 28.9 Å². The van der Waals surface area contributed by atoms with Gasteiger partial charge in [-0.1, -0.05) is 28.1 Å². The first-order valence-corrected chi connectivity index (χ1v) is 16.1. The number of tetrazole rings is 1. The minimum Gasteiger partial charge on any atom is -0.477 e. The van der Waals surface area contributed by atoms with Crippen LogP contribution in [-0.4, -0.2) is 118 Å². The summed E-state index contributed by atoms with van der Waals surface area (Å²) in [7, 11) is 1.19. The van der Waals surface area contributed by atoms with Gasteiger partial charge in [-0.05, 0) is 34.9 Å². The average molecular weight is 693 g/mol. The Balaban J connectivity index is 1.29. The molecule has 0 saturated carbocycles. The Labute approximate surface area is 271 Å². The second kappa shape index (κ2) is 14.5. The number of fused-ring (bicyclic) bond motifs is 1. The standard InChI is InChI=1S/C24H24N10O9S3/c1-42-29-13(21(38)39)6-33-24(28-31-32-33)46-8-11-7-44-20-16(19(37)34(20)17(11)22(40)41)27-18(36)15(30-43-12-4-2-3-5-12)14-9-45-23(26-14)25-10-35/h2,4,9-10,12,16,20H,3,5-8H2,1H3,(H,27,36)(H,38,39)(H,40,41)(H,25,26,35)/t12?,16?,20-/m1/s1. The van der Waals surface area contributed by atoms with Gasteiger partial charge in [0, 0.05) is 16.9 Å². The van der Waals surface area contributed by atoms with E-state index in [0.29, 0.717) is 18.4 Å². The summed E-state index contributed by atoms with van der Waals surface area (Å²) in [6.45, 7) is -0.310. The first-order chi connectivity index (χ1) is 22.2. The molecule has 0 radical (unpaired) electrons. The number of carbonyl (C=O) groups excluding carboxylic acids is 3. The monoisotopic (exact) mass is 692 g/mol. The van der Waals surface area contributed by atoms with Crippen LogP contribution in [0.1, 0.15) is 18.5 Å². The van der Waals surface area contributed by atoms with E-state index in [0.717, 1.165) is 34.4 Å². The van der Waals surface area contributed by atoms with E-state index in [1.54, 1.807) is 0 Å². The number of carboxylic acid groups (broad SMARTS) is 2. The SMILES string of the molecule is CON=C(Cn1nnnc1SCC1=C(C(=O)O)N2C(=O)C(NC(=O)C(=NOC3C=CCC3)c3csc(NC=O)n3)[C@H]2SC1)C(=O)O. The summed E-state index contributed by atoms with van der Waals surface area (Å²) in [6.07, 6.45) is 5.30. The van der Waals surface area contributed by atoms with E-state index in [2.05, 4.69) is 46.3 Å². The van der Waals surface area contributed by atoms with Gasteiger partial charge >= 0.3 is 11.9 Å². The first-order valence-electron chi connectivity index (χ1n) is 13.2. The van der Waals surface area contributed by atoms with Gasteiger partial charge in [-0.2, -0.15) is 0 Å². The zero-order valence-corrected chi connectivity index (χ0v) is 26.1. The molecule has 19 nitrogen and oxygen atoms in total. The number of β-lactam (4-membered cyclic amide) rings is 1. The van der Waals surface area contributed by atoms with Crippen LogP contribution in [0.4, 0.5) is 5.13 Å². The van der Waals surface area contributed by atoms with E-state index in [-0.39, 0.29) is 57.3 Å². The number of hydrogen-bond acceptors (Lipinski definition) is 16. The number of hydrogen-bond donors (Lipinski definition) is 4. The zero-order valence-electron chi connectivity index (χ0n) is 23.6. The Morgan fingerprint density at radius 3 is 2.80 bits per heavy atom. The number of nitrogens with one attached hydrogen (secondary N) is 2. The van der Waals surface area contributed by atoms with Crippen molar-refractivity contribution >= 4 is 81.6 Å². The molecule has 22 heteroatoms. The lowest BCUT2D eigenvalue weighted by atomic mass is 10.0. The molecule has 3 atom stereocenters. The molecule has 5 rings (SSSR count). The fraction of sp³-hybridized carbons (Fsp3) is 0.375. The van der Waals surface area contributed by atoms with E-state index in [1.807, 2.05) is 12.2 Å². The number of thioether (sulfide) groups is 2. The first kappa shape index (κ1) is 32.6. The molecule has 0 aromatic carbocycles. The predicted octanol–water partition coefficient (Wildman–Crippen LogP) is -0.245. The number of carbonyl (C=O) groups is 5. The molecule has 2 aliphatic heterocycles. The molecule has 2 aromatic heterocycles. The molecular formula is C24H24N10O9S3. The van der Waals surface area contributed by atoms with Gasteiger partial charge in [-0.25, -0.2) is 19.3 Å². The van der Waals surface area contributed by atoms with Crippen LogP contribution in [0.25, 0.3) is 0 Å². The van der Waals surface area contributed by atoms with Gasteiger partial charge in [0.15, 0.2) is 16.6 Å². The molecule has 46 heavy (non-hydrogen) atoms. The number of anilines is 1. The molecule has 1 saturated heterocycles. The highest BCUT2D eigenvalue weighted by Crippen LogP contribution is 2.41. The van der Waals surface area contributed by atoms with Crippen LogP contribution in [-0.2, 0) is 40.2 Å². The smallest absolute Gasteiger partial charge is 0.355 e. The maximum atomic E-state index is 13.4. The van der Waals surface area contributed by atoms with Crippen molar-refractivity contribution in [2.24, 2.45) is 10.3 Å². The molecule has 2 unspecified atom stereocenters. The van der Waals surface area contributed by atoms with Crippen LogP contribution >= 0.6 is 34.9 Å². The maximum Gasteiger partial charge on any atom is 0.355 e. The summed E-state index contributed by atoms with van der Waals surface area (Å²) < 4.78 is 1.17. The third kappa shape index (κ3) is 7.02. The number of nitrogens with zero attached hydrogens (tertiary/aromatic N) is 8. The fourth-order valence-corrected chi connectivity index (χ4v) is 7.48. The lowest BCUT2D eigenvalue weighted by Gasteiger charge is -2.49. The van der Waals surface area contributed by atoms with Crippen LogP contribution in [0.15, 0.2) is 44.3 Å². The van der Waals surface area contributed by atoms with Crippen molar-refractivity contribution in [1.29, 1.82) is 0 Å². The maximum absolute atomic E-state index is 13.4. The molecule has 3 aliphatic rings. The number of rotatable bonds is 15. The molecule has 0 bridgehead atoms. The molecule has 242 valence electrons. The lowest BCUT2D eigenvalue weighted by molar-refractivity contribution is -0.150. The number of amides is 3. The van der Waals surface area contributed by atoms with Gasteiger partial charge < -0.3 is 30.5 Å². The minimum atomic E-state index is -1.34. The Hall–Kier alpha value is -4.83. The highest BCUT2D eigenvalue weighted by molar-refractivity contribution is 8.01. The Morgan fingerprint density at radius 1 is 1.28 bits per heavy atom. The van der Waals surface area contributed by atoms with Crippen molar-refractivity contribution in [2.75, 3.05) is 23.9 Å². The summed E-state index contributed by atoms with van der Waals surface area (Å²) in [4.78, 5) is 76.6. The van der Waals surface area contributed by atoms with Gasteiger partial charge in [0.2, 0.25) is 11.6 Å². The van der Waals surface area contributed by atoms with Gasteiger partial charge in [0.25, 0.3) is 11.8 Å². The van der Waals surface area contributed by atoms with Crippen LogP contribution in [0.3, 0.4) is 0 Å². The quantitative estimate of drug-likeness (QED) is 0.0469. The van der Waals surface area contributed by atoms with Crippen molar-refractivity contribution < 1.29 is 43.9 Å². The number of allylic oxidation sites excluding steroid dienone is 1. The van der Waals surface area contributed by atoms with E-state index >= 15 is 0 Å². The van der Waals surface area contributed by atoms with Gasteiger partial charge in [-0.15, -0.1) is 28.2 Å². The normalized spacial score (nSPS) is 21.0. The fourth-order valence-electron chi connectivity index (χ4n) is 4.46. The number of carboxylic acids is 2. The van der Waals surface area contributed by atoms with Crippen LogP contribution in [0.2, 0.25) is 0 Å². The van der Waals surface area contributed by atoms with Crippen molar-refractivity contribution in [1.82, 2.24) is 35.4 Å². The zero-order chi connectivity index (χ0) is 32.8. The second-order valence-electron chi connectivity index (χ2n) is 9.44. The van der Waals surface area contributed by atoms with Gasteiger partial charge in [-0.3, -0.25) is 19.3 Å². The van der Waals surface area contributed by atoms with Gasteiger partial charge in [0.05, 0.1) is 6.54 Å². The van der Waals surface area contributed by atoms with Crippen LogP contribution < -0.4 is 10.6 Å². The predicted molar refractivity (Wildman–Crippen MR) is 162 cm³/mol. The Morgan fingerprint density at radius 2 is 2.11 bits per heavy atom. The molecule has 1 fully saturated rings. The Kier molecular flexibility index (Phi) is 10.3. The summed E-state index contributed by atoms with van der Waals surface area (Å²) in [6, 6.07) is -1.06. The topological polar surface area (TPSA) is 253 Å². The number of aromatic nitrogens is 5. The minimum absolute atomic E-state index is 0.0666. The third-order valence-electron chi connectivity index (χ3n) is 6.55. The highest BCUT2D eigenvalue weighted by Gasteiger charge is 2.54. The second-order valence-corrected chi connectivity index (χ2v) is 12.3. The van der Waals surface area contributed by atoms with Crippen molar-refractivity contribution in [2.45, 2.75) is 42.1 Å². The Bertz CT molecular complexity index is 1670. The van der Waals surface area contributed by atoms with Crippen molar-refractivity contribution in [3.05, 3.63) is 34.5 Å². The van der Waals surface area contributed by atoms with Gasteiger partial charge in [0.1, 0.15) is 36.0 Å². The molecule has 0 spiro atoms. The molecule has 2 aromatic rings. The molecule has 3 amide bonds. The summed E-state index contributed by atoms with van der Waals surface area (Å²) in [5.74, 6) is -3.81. The largest absolute Gasteiger partial charge is 0.477 e. The molecule has 4 N–H and O–H groups in total. The lowest BCUT2D eigenvalue weighted by Crippen LogP contribution is -2.71. The highest BCUT2D eigenvalue weighted by atomic mass is 32.2. The summed E-state index contributed by atoms with van der Waals surface area (Å²) in [5.41, 5.74) is -0.292. The van der Waals surface area contributed by atoms with Crippen LogP contribution in [0.5, 0.6) is 0 Å². The molecule has 1 aliphatic carbocycles. The average Bonchev–Trinajstić information content (AvgIpc) is 3.82. The summed E-state index contributed by atoms with van der Waals surface area (Å²) in [5, 5.41) is 44.2. The van der Waals surface area contributed by atoms with Crippen LogP contribution in [0, 0.1) is 0 Å². The number of thiazole rings is 1. The van der Waals surface area contributed by atoms with E-state index in [9.17, 15) is 34.2 Å². The molecule has 4 heterocycles. The number of aliphatic carboxylic acids is 2. The van der Waals surface area contributed by atoms with E-state index < -0.39 is 35.2 Å². The van der Waals surface area contributed by atoms with Crippen molar-refractivity contribution in [3.63, 3.8) is 0 Å². The third-order valence-corrected chi connectivity index (χ3v) is 9.71. The van der Waals surface area contributed by atoms with E-state index in [4.69, 9.17) is 4.84 Å².